The van der Waals surface area contributed by atoms with Gasteiger partial charge in [0, 0.05) is 28.1 Å². The number of hydrogen-bond acceptors (Lipinski definition) is 3. The zero-order valence-corrected chi connectivity index (χ0v) is 15.1. The largest absolute Gasteiger partial charge is 0.352 e. The molecule has 1 fully saturated rings. The minimum atomic E-state index is -0.0119. The van der Waals surface area contributed by atoms with Crippen molar-refractivity contribution in [2.45, 2.75) is 44.7 Å². The Hall–Kier alpha value is -2.95. The predicted octanol–water partition coefficient (Wildman–Crippen LogP) is 3.70. The summed E-state index contributed by atoms with van der Waals surface area (Å²) in [6.07, 6.45) is 5.74. The van der Waals surface area contributed by atoms with Crippen molar-refractivity contribution in [1.82, 2.24) is 15.1 Å². The maximum atomic E-state index is 12.9. The fourth-order valence-electron chi connectivity index (χ4n) is 4.42. The lowest BCUT2D eigenvalue weighted by atomic mass is 9.87. The van der Waals surface area contributed by atoms with E-state index in [1.165, 1.54) is 19.3 Å². The minimum absolute atomic E-state index is 0.0119. The van der Waals surface area contributed by atoms with Gasteiger partial charge in [0.1, 0.15) is 12.2 Å². The minimum Gasteiger partial charge on any atom is -0.352 e. The molecule has 5 heteroatoms. The Morgan fingerprint density at radius 3 is 2.56 bits per heavy atom. The van der Waals surface area contributed by atoms with Crippen molar-refractivity contribution >= 4 is 22.6 Å². The van der Waals surface area contributed by atoms with Crippen LogP contribution in [0.15, 0.2) is 42.5 Å². The first kappa shape index (κ1) is 16.2. The molecule has 0 unspecified atom stereocenters. The number of rotatable bonds is 3. The predicted molar refractivity (Wildman–Crippen MR) is 104 cm³/mol. The lowest BCUT2D eigenvalue weighted by Gasteiger charge is -2.22. The average Bonchev–Trinajstić information content (AvgIpc) is 3.06. The van der Waals surface area contributed by atoms with Gasteiger partial charge in [-0.1, -0.05) is 55.7 Å². The van der Waals surface area contributed by atoms with Crippen LogP contribution in [0.25, 0.3) is 22.2 Å². The topological polar surface area (TPSA) is 64.0 Å². The van der Waals surface area contributed by atoms with Crippen molar-refractivity contribution in [3.63, 3.8) is 0 Å². The van der Waals surface area contributed by atoms with Gasteiger partial charge >= 0.3 is 0 Å². The Balaban J connectivity index is 1.53. The second-order valence-electron chi connectivity index (χ2n) is 7.48. The summed E-state index contributed by atoms with van der Waals surface area (Å²) in [4.78, 5) is 25.5. The van der Waals surface area contributed by atoms with E-state index in [1.807, 2.05) is 42.5 Å². The highest BCUT2D eigenvalue weighted by molar-refractivity contribution is 6.25. The molecule has 0 atom stereocenters. The van der Waals surface area contributed by atoms with Crippen LogP contribution in [-0.2, 0) is 11.3 Å². The second kappa shape index (κ2) is 6.34. The van der Waals surface area contributed by atoms with E-state index in [0.29, 0.717) is 11.1 Å². The van der Waals surface area contributed by atoms with Gasteiger partial charge in [-0.05, 0) is 18.9 Å². The number of carbonyl (C=O) groups excluding carboxylic acids is 2. The molecule has 0 aliphatic heterocycles. The monoisotopic (exact) mass is 359 g/mol. The Morgan fingerprint density at radius 1 is 1.00 bits per heavy atom. The molecule has 1 N–H and O–H groups in total. The summed E-state index contributed by atoms with van der Waals surface area (Å²) in [5.74, 6) is 0.0111. The third kappa shape index (κ3) is 2.65. The van der Waals surface area contributed by atoms with Crippen LogP contribution in [0.1, 0.15) is 48.0 Å². The Kier molecular flexibility index (Phi) is 3.81. The molecule has 2 aliphatic carbocycles. The Labute approximate surface area is 157 Å². The molecule has 5 rings (SSSR count). The number of hydrogen-bond donors (Lipinski definition) is 1. The summed E-state index contributed by atoms with van der Waals surface area (Å²) in [6, 6.07) is 13.5. The number of ketones is 1. The summed E-state index contributed by atoms with van der Waals surface area (Å²) in [6.45, 7) is 0.173. The normalized spacial score (nSPS) is 16.4. The summed E-state index contributed by atoms with van der Waals surface area (Å²) in [5, 5.41) is 8.74. The highest BCUT2D eigenvalue weighted by Gasteiger charge is 2.28. The van der Waals surface area contributed by atoms with E-state index in [2.05, 4.69) is 5.32 Å². The van der Waals surface area contributed by atoms with E-state index in [0.717, 1.165) is 35.0 Å². The van der Waals surface area contributed by atoms with E-state index < -0.39 is 0 Å². The molecule has 0 saturated heterocycles. The molecule has 1 amide bonds. The lowest BCUT2D eigenvalue weighted by molar-refractivity contribution is -0.122. The maximum absolute atomic E-state index is 12.9. The van der Waals surface area contributed by atoms with Crippen LogP contribution in [-0.4, -0.2) is 27.5 Å². The van der Waals surface area contributed by atoms with Gasteiger partial charge in [-0.3, -0.25) is 14.3 Å². The number of aromatic nitrogens is 2. The molecule has 136 valence electrons. The maximum Gasteiger partial charge on any atom is 0.241 e. The van der Waals surface area contributed by atoms with Gasteiger partial charge in [-0.15, -0.1) is 0 Å². The molecule has 3 aromatic rings. The van der Waals surface area contributed by atoms with E-state index in [1.54, 1.807) is 4.68 Å². The first-order valence-electron chi connectivity index (χ1n) is 9.65. The van der Waals surface area contributed by atoms with Crippen molar-refractivity contribution < 1.29 is 9.59 Å². The number of amides is 1. The first-order valence-corrected chi connectivity index (χ1v) is 9.65. The van der Waals surface area contributed by atoms with Crippen LogP contribution in [0.4, 0.5) is 0 Å². The molecule has 1 aromatic heterocycles. The van der Waals surface area contributed by atoms with Gasteiger partial charge in [0.15, 0.2) is 5.78 Å². The number of nitrogens with one attached hydrogen (secondary N) is 1. The number of benzene rings is 2. The molecular formula is C22H21N3O2. The number of carbonyl (C=O) groups is 2. The fraction of sp³-hybridized carbons (Fsp3) is 0.318. The van der Waals surface area contributed by atoms with E-state index >= 15 is 0 Å². The number of nitrogens with zero attached hydrogens (tertiary/aromatic N) is 2. The van der Waals surface area contributed by atoms with Gasteiger partial charge in [0.2, 0.25) is 5.91 Å². The van der Waals surface area contributed by atoms with Crippen LogP contribution in [0.2, 0.25) is 0 Å². The molecule has 5 nitrogen and oxygen atoms in total. The van der Waals surface area contributed by atoms with Crippen molar-refractivity contribution in [2.24, 2.45) is 0 Å². The Bertz CT molecular complexity index is 1060. The summed E-state index contributed by atoms with van der Waals surface area (Å²) >= 11 is 0. The first-order chi connectivity index (χ1) is 13.2. The number of fused-ring (bicyclic) bond motifs is 2. The molecule has 2 aromatic carbocycles. The van der Waals surface area contributed by atoms with Gasteiger partial charge in [0.05, 0.1) is 5.52 Å². The average molecular weight is 359 g/mol. The SMILES string of the molecule is O=C(Cn1nc2c3c(cccc31)C(=O)c1ccccc1-2)NC1CCCCC1. The zero-order valence-electron chi connectivity index (χ0n) is 15.1. The third-order valence-electron chi connectivity index (χ3n) is 5.71. The van der Waals surface area contributed by atoms with Crippen LogP contribution in [0, 0.1) is 0 Å². The van der Waals surface area contributed by atoms with Gasteiger partial charge in [-0.2, -0.15) is 5.10 Å². The molecule has 0 radical (unpaired) electrons. The highest BCUT2D eigenvalue weighted by atomic mass is 16.2. The smallest absolute Gasteiger partial charge is 0.241 e. The molecule has 1 saturated carbocycles. The van der Waals surface area contributed by atoms with Gasteiger partial charge < -0.3 is 5.32 Å². The molecule has 0 spiro atoms. The van der Waals surface area contributed by atoms with Gasteiger partial charge in [-0.25, -0.2) is 0 Å². The summed E-state index contributed by atoms with van der Waals surface area (Å²) < 4.78 is 1.74. The van der Waals surface area contributed by atoms with E-state index in [-0.39, 0.29) is 24.3 Å². The van der Waals surface area contributed by atoms with Crippen LogP contribution < -0.4 is 5.32 Å². The third-order valence-corrected chi connectivity index (χ3v) is 5.71. The molecular weight excluding hydrogens is 338 g/mol. The van der Waals surface area contributed by atoms with Crippen molar-refractivity contribution in [2.75, 3.05) is 0 Å². The van der Waals surface area contributed by atoms with Crippen molar-refractivity contribution in [3.05, 3.63) is 53.6 Å². The molecule has 0 bridgehead atoms. The lowest BCUT2D eigenvalue weighted by Crippen LogP contribution is -2.38. The van der Waals surface area contributed by atoms with E-state index in [9.17, 15) is 9.59 Å². The van der Waals surface area contributed by atoms with Crippen LogP contribution in [0.5, 0.6) is 0 Å². The van der Waals surface area contributed by atoms with Crippen molar-refractivity contribution in [1.29, 1.82) is 0 Å². The highest BCUT2D eigenvalue weighted by Crippen LogP contribution is 2.38. The van der Waals surface area contributed by atoms with Crippen LogP contribution in [0.3, 0.4) is 0 Å². The standard InChI is InChI=1S/C22H21N3O2/c26-19(23-14-7-2-1-3-8-14)13-25-18-12-6-11-17-20(18)21(24-25)15-9-4-5-10-16(15)22(17)27/h4-6,9-12,14H,1-3,7-8,13H2,(H,23,26). The zero-order chi connectivity index (χ0) is 18.4. The molecule has 2 aliphatic rings. The quantitative estimate of drug-likeness (QED) is 0.607. The summed E-state index contributed by atoms with van der Waals surface area (Å²) in [7, 11) is 0. The van der Waals surface area contributed by atoms with Crippen molar-refractivity contribution in [3.8, 4) is 11.3 Å². The molecule has 27 heavy (non-hydrogen) atoms. The molecule has 1 heterocycles. The van der Waals surface area contributed by atoms with Gasteiger partial charge in [0.25, 0.3) is 0 Å². The second-order valence-corrected chi connectivity index (χ2v) is 7.48. The summed E-state index contributed by atoms with van der Waals surface area (Å²) in [5.41, 5.74) is 3.82. The van der Waals surface area contributed by atoms with Crippen LogP contribution >= 0.6 is 0 Å². The van der Waals surface area contributed by atoms with E-state index in [4.69, 9.17) is 5.10 Å². The fourth-order valence-corrected chi connectivity index (χ4v) is 4.42. The Morgan fingerprint density at radius 2 is 1.74 bits per heavy atom.